The number of nitro groups is 1. The van der Waals surface area contributed by atoms with E-state index in [1.165, 1.54) is 28.8 Å². The molecule has 1 N–H and O–H groups in total. The van der Waals surface area contributed by atoms with Crippen molar-refractivity contribution in [2.75, 3.05) is 5.32 Å². The van der Waals surface area contributed by atoms with E-state index in [9.17, 15) is 10.1 Å². The third kappa shape index (κ3) is 3.36. The van der Waals surface area contributed by atoms with Crippen LogP contribution in [0.25, 0.3) is 0 Å². The fourth-order valence-electron chi connectivity index (χ4n) is 2.00. The highest BCUT2D eigenvalue weighted by Crippen LogP contribution is 2.27. The van der Waals surface area contributed by atoms with E-state index < -0.39 is 4.92 Å². The van der Waals surface area contributed by atoms with Gasteiger partial charge in [-0.3, -0.25) is 10.1 Å². The molecule has 5 heteroatoms. The van der Waals surface area contributed by atoms with Gasteiger partial charge in [0.25, 0.3) is 5.69 Å². The highest BCUT2D eigenvalue weighted by molar-refractivity contribution is 9.10. The van der Waals surface area contributed by atoms with E-state index in [1.807, 2.05) is 0 Å². The van der Waals surface area contributed by atoms with Crippen LogP contribution in [0.3, 0.4) is 0 Å². The number of nitrogens with zero attached hydrogens (tertiary/aromatic N) is 1. The number of aryl methyl sites for hydroxylation is 2. The highest BCUT2D eigenvalue weighted by atomic mass is 79.9. The summed E-state index contributed by atoms with van der Waals surface area (Å²) < 4.78 is 0.691. The Labute approximate surface area is 126 Å². The van der Waals surface area contributed by atoms with Gasteiger partial charge < -0.3 is 5.32 Å². The second-order valence-electron chi connectivity index (χ2n) is 4.70. The molecule has 104 valence electrons. The van der Waals surface area contributed by atoms with Crippen LogP contribution in [0.1, 0.15) is 16.7 Å². The first-order valence-corrected chi connectivity index (χ1v) is 7.00. The molecule has 0 radical (unpaired) electrons. The Hall–Kier alpha value is -1.88. The number of hydrogen-bond acceptors (Lipinski definition) is 3. The van der Waals surface area contributed by atoms with Crippen molar-refractivity contribution in [2.45, 2.75) is 20.4 Å². The van der Waals surface area contributed by atoms with Crippen LogP contribution in [-0.2, 0) is 6.54 Å². The molecule has 0 atom stereocenters. The molecule has 0 aromatic heterocycles. The van der Waals surface area contributed by atoms with E-state index in [4.69, 9.17) is 0 Å². The van der Waals surface area contributed by atoms with Crippen LogP contribution in [-0.4, -0.2) is 4.92 Å². The lowest BCUT2D eigenvalue weighted by molar-refractivity contribution is -0.384. The maximum Gasteiger partial charge on any atom is 0.270 e. The van der Waals surface area contributed by atoms with Crippen LogP contribution in [0.5, 0.6) is 0 Å². The smallest absolute Gasteiger partial charge is 0.270 e. The monoisotopic (exact) mass is 334 g/mol. The third-order valence-electron chi connectivity index (χ3n) is 3.13. The van der Waals surface area contributed by atoms with Crippen molar-refractivity contribution in [1.29, 1.82) is 0 Å². The molecule has 0 aliphatic heterocycles. The van der Waals surface area contributed by atoms with Crippen LogP contribution in [0.4, 0.5) is 11.4 Å². The van der Waals surface area contributed by atoms with Crippen LogP contribution in [0, 0.1) is 24.0 Å². The predicted octanol–water partition coefficient (Wildman–Crippen LogP) is 4.59. The van der Waals surface area contributed by atoms with Crippen molar-refractivity contribution < 1.29 is 4.92 Å². The quantitative estimate of drug-likeness (QED) is 0.657. The molecule has 2 aromatic carbocycles. The average Bonchev–Trinajstić information content (AvgIpc) is 2.38. The zero-order valence-corrected chi connectivity index (χ0v) is 12.9. The van der Waals surface area contributed by atoms with Crippen LogP contribution >= 0.6 is 15.9 Å². The van der Waals surface area contributed by atoms with Crippen LogP contribution in [0.2, 0.25) is 0 Å². The molecule has 2 aromatic rings. The Kier molecular flexibility index (Phi) is 4.39. The first kappa shape index (κ1) is 14.5. The Balaban J connectivity index is 2.13. The maximum atomic E-state index is 10.7. The molecular weight excluding hydrogens is 320 g/mol. The number of hydrogen-bond donors (Lipinski definition) is 1. The lowest BCUT2D eigenvalue weighted by atomic mass is 10.1. The first-order chi connectivity index (χ1) is 9.47. The van der Waals surface area contributed by atoms with E-state index in [2.05, 4.69) is 53.3 Å². The number of non-ortho nitro benzene ring substituents is 1. The lowest BCUT2D eigenvalue weighted by Crippen LogP contribution is -2.02. The second kappa shape index (κ2) is 6.05. The van der Waals surface area contributed by atoms with Crippen LogP contribution in [0.15, 0.2) is 40.9 Å². The molecule has 0 bridgehead atoms. The SMILES string of the molecule is Cc1ccc(CNc2ccc([N+](=O)[O-])cc2Br)c(C)c1. The summed E-state index contributed by atoms with van der Waals surface area (Å²) in [6.45, 7) is 4.83. The topological polar surface area (TPSA) is 55.2 Å². The fraction of sp³-hybridized carbons (Fsp3) is 0.200. The van der Waals surface area contributed by atoms with Crippen LogP contribution < -0.4 is 5.32 Å². The lowest BCUT2D eigenvalue weighted by Gasteiger charge is -2.11. The Bertz CT molecular complexity index is 656. The number of halogens is 1. The number of rotatable bonds is 4. The van der Waals surface area contributed by atoms with Gasteiger partial charge in [0, 0.05) is 28.8 Å². The van der Waals surface area contributed by atoms with Gasteiger partial charge >= 0.3 is 0 Å². The summed E-state index contributed by atoms with van der Waals surface area (Å²) in [4.78, 5) is 10.3. The highest BCUT2D eigenvalue weighted by Gasteiger charge is 2.09. The molecule has 0 aliphatic carbocycles. The minimum atomic E-state index is -0.404. The van der Waals surface area contributed by atoms with Crippen molar-refractivity contribution in [3.8, 4) is 0 Å². The van der Waals surface area contributed by atoms with Crippen molar-refractivity contribution in [1.82, 2.24) is 0 Å². The molecule has 20 heavy (non-hydrogen) atoms. The van der Waals surface area contributed by atoms with Gasteiger partial charge in [-0.1, -0.05) is 23.8 Å². The van der Waals surface area contributed by atoms with E-state index >= 15 is 0 Å². The molecule has 0 amide bonds. The molecule has 0 saturated carbocycles. The summed E-state index contributed by atoms with van der Waals surface area (Å²) in [7, 11) is 0. The third-order valence-corrected chi connectivity index (χ3v) is 3.79. The fourth-order valence-corrected chi connectivity index (χ4v) is 2.50. The summed E-state index contributed by atoms with van der Waals surface area (Å²) >= 11 is 3.35. The predicted molar refractivity (Wildman–Crippen MR) is 84.0 cm³/mol. The molecule has 0 spiro atoms. The van der Waals surface area contributed by atoms with E-state index in [0.29, 0.717) is 11.0 Å². The summed E-state index contributed by atoms with van der Waals surface area (Å²) in [6, 6.07) is 11.0. The average molecular weight is 335 g/mol. The van der Waals surface area contributed by atoms with Gasteiger partial charge in [0.1, 0.15) is 0 Å². The second-order valence-corrected chi connectivity index (χ2v) is 5.56. The zero-order valence-electron chi connectivity index (χ0n) is 11.3. The summed E-state index contributed by atoms with van der Waals surface area (Å²) in [5.41, 5.74) is 4.60. The summed E-state index contributed by atoms with van der Waals surface area (Å²) in [6.07, 6.45) is 0. The van der Waals surface area contributed by atoms with Crippen molar-refractivity contribution in [2.24, 2.45) is 0 Å². The van der Waals surface area contributed by atoms with Gasteiger partial charge in [0.2, 0.25) is 0 Å². The minimum Gasteiger partial charge on any atom is -0.380 e. The van der Waals surface area contributed by atoms with Gasteiger partial charge in [-0.2, -0.15) is 0 Å². The number of nitro benzene ring substituents is 1. The largest absolute Gasteiger partial charge is 0.380 e. The van der Waals surface area contributed by atoms with E-state index in [0.717, 1.165) is 5.69 Å². The standard InChI is InChI=1S/C15H15BrN2O2/c1-10-3-4-12(11(2)7-10)9-17-15-6-5-13(18(19)20)8-14(15)16/h3-8,17H,9H2,1-2H3. The minimum absolute atomic E-state index is 0.0777. The Morgan fingerprint density at radius 1 is 1.20 bits per heavy atom. The van der Waals surface area contributed by atoms with Gasteiger partial charge in [0.15, 0.2) is 0 Å². The first-order valence-electron chi connectivity index (χ1n) is 6.21. The molecule has 0 aliphatic rings. The number of nitrogens with one attached hydrogen (secondary N) is 1. The van der Waals surface area contributed by atoms with Gasteiger partial charge in [-0.05, 0) is 47.0 Å². The molecule has 2 rings (SSSR count). The van der Waals surface area contributed by atoms with E-state index in [-0.39, 0.29) is 5.69 Å². The van der Waals surface area contributed by atoms with Gasteiger partial charge in [-0.15, -0.1) is 0 Å². The van der Waals surface area contributed by atoms with E-state index in [1.54, 1.807) is 6.07 Å². The molecule has 0 saturated heterocycles. The molecule has 0 fully saturated rings. The molecule has 0 unspecified atom stereocenters. The summed E-state index contributed by atoms with van der Waals surface area (Å²) in [5, 5.41) is 14.0. The van der Waals surface area contributed by atoms with Crippen molar-refractivity contribution in [3.05, 3.63) is 67.7 Å². The number of benzene rings is 2. The molecule has 0 heterocycles. The van der Waals surface area contributed by atoms with Crippen molar-refractivity contribution in [3.63, 3.8) is 0 Å². The summed E-state index contributed by atoms with van der Waals surface area (Å²) in [5.74, 6) is 0. The molecule has 4 nitrogen and oxygen atoms in total. The van der Waals surface area contributed by atoms with Crippen molar-refractivity contribution >= 4 is 27.3 Å². The zero-order chi connectivity index (χ0) is 14.7. The van der Waals surface area contributed by atoms with Gasteiger partial charge in [0.05, 0.1) is 4.92 Å². The normalized spacial score (nSPS) is 10.3. The number of anilines is 1. The van der Waals surface area contributed by atoms with Gasteiger partial charge in [-0.25, -0.2) is 0 Å². The Morgan fingerprint density at radius 3 is 2.55 bits per heavy atom. The molecular formula is C15H15BrN2O2. The maximum absolute atomic E-state index is 10.7. The Morgan fingerprint density at radius 2 is 1.95 bits per heavy atom.